The van der Waals surface area contributed by atoms with E-state index >= 15 is 0 Å². The van der Waals surface area contributed by atoms with Gasteiger partial charge in [-0.3, -0.25) is 0 Å². The smallest absolute Gasteiger partial charge is 0.346 e. The fourth-order valence-electron chi connectivity index (χ4n) is 1.27. The Morgan fingerprint density at radius 2 is 1.81 bits per heavy atom. The fourth-order valence-corrected chi connectivity index (χ4v) is 1.27. The molecule has 1 rings (SSSR count). The molecule has 2 unspecified atom stereocenters. The van der Waals surface area contributed by atoms with Crippen LogP contribution in [0.25, 0.3) is 0 Å². The Labute approximate surface area is 95.3 Å². The van der Waals surface area contributed by atoms with Crippen molar-refractivity contribution in [3.63, 3.8) is 0 Å². The Bertz CT molecular complexity index is 346. The lowest BCUT2D eigenvalue weighted by Crippen LogP contribution is -2.24. The molecule has 0 saturated heterocycles. The quantitative estimate of drug-likeness (QED) is 0.788. The molecule has 0 saturated carbocycles. The minimum Gasteiger partial charge on any atom is -0.479 e. The Kier molecular flexibility index (Phi) is 4.31. The molecule has 0 amide bonds. The maximum atomic E-state index is 11.1. The average Bonchev–Trinajstić information content (AvgIpc) is 2.28. The third-order valence-electron chi connectivity index (χ3n) is 2.25. The molecule has 0 aliphatic rings. The van der Waals surface area contributed by atoms with Gasteiger partial charge < -0.3 is 15.2 Å². The van der Waals surface area contributed by atoms with Crippen molar-refractivity contribution < 1.29 is 14.3 Å². The second-order valence-corrected chi connectivity index (χ2v) is 3.64. The van der Waals surface area contributed by atoms with Crippen LogP contribution in [0.15, 0.2) is 24.3 Å². The molecule has 0 fully saturated rings. The lowest BCUT2D eigenvalue weighted by atomic mass is 10.1. The van der Waals surface area contributed by atoms with E-state index in [0.29, 0.717) is 5.75 Å². The van der Waals surface area contributed by atoms with Crippen molar-refractivity contribution in [1.82, 2.24) is 0 Å². The van der Waals surface area contributed by atoms with Crippen LogP contribution in [0.5, 0.6) is 5.75 Å². The summed E-state index contributed by atoms with van der Waals surface area (Å²) in [6.07, 6.45) is -0.605. The van der Waals surface area contributed by atoms with Crippen molar-refractivity contribution in [3.8, 4) is 5.75 Å². The first kappa shape index (κ1) is 12.5. The molecule has 0 radical (unpaired) electrons. The Balaban J connectivity index is 2.65. The first-order valence-corrected chi connectivity index (χ1v) is 5.14. The zero-order chi connectivity index (χ0) is 12.1. The first-order valence-electron chi connectivity index (χ1n) is 5.14. The summed E-state index contributed by atoms with van der Waals surface area (Å²) in [5.74, 6) is 0.235. The standard InChI is InChI=1S/C12H17NO3/c1-8(13)10-4-6-11(7-5-10)16-9(2)12(14)15-3/h4-9H,13H2,1-3H3. The van der Waals surface area contributed by atoms with Crippen LogP contribution < -0.4 is 10.5 Å². The topological polar surface area (TPSA) is 61.5 Å². The summed E-state index contributed by atoms with van der Waals surface area (Å²) in [4.78, 5) is 11.1. The van der Waals surface area contributed by atoms with E-state index in [1.807, 2.05) is 19.1 Å². The van der Waals surface area contributed by atoms with Gasteiger partial charge in [-0.15, -0.1) is 0 Å². The number of esters is 1. The first-order chi connectivity index (χ1) is 7.54. The highest BCUT2D eigenvalue weighted by Gasteiger charge is 2.14. The number of ether oxygens (including phenoxy) is 2. The number of carbonyl (C=O) groups excluding carboxylic acids is 1. The maximum Gasteiger partial charge on any atom is 0.346 e. The fraction of sp³-hybridized carbons (Fsp3) is 0.417. The summed E-state index contributed by atoms with van der Waals surface area (Å²) < 4.78 is 9.95. The van der Waals surface area contributed by atoms with Gasteiger partial charge in [0.2, 0.25) is 0 Å². The Morgan fingerprint density at radius 1 is 1.25 bits per heavy atom. The summed E-state index contributed by atoms with van der Waals surface area (Å²) in [6, 6.07) is 7.33. The predicted octanol–water partition coefficient (Wildman–Crippen LogP) is 1.65. The molecule has 4 nitrogen and oxygen atoms in total. The van der Waals surface area contributed by atoms with Gasteiger partial charge >= 0.3 is 5.97 Å². The number of hydrogen-bond donors (Lipinski definition) is 1. The molecule has 0 heterocycles. The van der Waals surface area contributed by atoms with Crippen LogP contribution in [0.1, 0.15) is 25.5 Å². The van der Waals surface area contributed by atoms with Gasteiger partial charge in [0.25, 0.3) is 0 Å². The molecular weight excluding hydrogens is 206 g/mol. The van der Waals surface area contributed by atoms with Crippen LogP contribution >= 0.6 is 0 Å². The summed E-state index contributed by atoms with van der Waals surface area (Å²) >= 11 is 0. The highest BCUT2D eigenvalue weighted by atomic mass is 16.6. The van der Waals surface area contributed by atoms with Crippen LogP contribution in [0.4, 0.5) is 0 Å². The summed E-state index contributed by atoms with van der Waals surface area (Å²) in [6.45, 7) is 3.55. The second-order valence-electron chi connectivity index (χ2n) is 3.64. The van der Waals surface area contributed by atoms with Gasteiger partial charge in [0.15, 0.2) is 6.10 Å². The van der Waals surface area contributed by atoms with E-state index in [0.717, 1.165) is 5.56 Å². The van der Waals surface area contributed by atoms with Gasteiger partial charge in [-0.1, -0.05) is 12.1 Å². The summed E-state index contributed by atoms with van der Waals surface area (Å²) in [5, 5.41) is 0. The molecule has 0 aliphatic carbocycles. The minimum atomic E-state index is -0.605. The highest BCUT2D eigenvalue weighted by Crippen LogP contribution is 2.17. The third kappa shape index (κ3) is 3.24. The molecule has 0 bridgehead atoms. The zero-order valence-electron chi connectivity index (χ0n) is 9.77. The molecule has 2 atom stereocenters. The van der Waals surface area contributed by atoms with Crippen LogP contribution in [0.2, 0.25) is 0 Å². The van der Waals surface area contributed by atoms with Crippen molar-refractivity contribution in [2.24, 2.45) is 5.73 Å². The minimum absolute atomic E-state index is 0.00733. The van der Waals surface area contributed by atoms with E-state index in [9.17, 15) is 4.79 Å². The highest BCUT2D eigenvalue weighted by molar-refractivity contribution is 5.74. The number of carbonyl (C=O) groups is 1. The van der Waals surface area contributed by atoms with Crippen molar-refractivity contribution in [2.75, 3.05) is 7.11 Å². The lowest BCUT2D eigenvalue weighted by molar-refractivity contribution is -0.147. The van der Waals surface area contributed by atoms with E-state index in [1.165, 1.54) is 7.11 Å². The van der Waals surface area contributed by atoms with E-state index < -0.39 is 12.1 Å². The predicted molar refractivity (Wildman–Crippen MR) is 61.2 cm³/mol. The third-order valence-corrected chi connectivity index (χ3v) is 2.25. The lowest BCUT2D eigenvalue weighted by Gasteiger charge is -2.13. The van der Waals surface area contributed by atoms with E-state index in [1.54, 1.807) is 19.1 Å². The average molecular weight is 223 g/mol. The molecular formula is C12H17NO3. The SMILES string of the molecule is COC(=O)C(C)Oc1ccc(C(C)N)cc1. The largest absolute Gasteiger partial charge is 0.479 e. The van der Waals surface area contributed by atoms with Gasteiger partial charge in [-0.05, 0) is 31.5 Å². The van der Waals surface area contributed by atoms with Gasteiger partial charge in [0.1, 0.15) is 5.75 Å². The van der Waals surface area contributed by atoms with Crippen LogP contribution in [-0.4, -0.2) is 19.2 Å². The molecule has 2 N–H and O–H groups in total. The molecule has 1 aromatic rings. The maximum absolute atomic E-state index is 11.1. The van der Waals surface area contributed by atoms with Crippen molar-refractivity contribution in [1.29, 1.82) is 0 Å². The van der Waals surface area contributed by atoms with Crippen molar-refractivity contribution in [3.05, 3.63) is 29.8 Å². The van der Waals surface area contributed by atoms with Crippen molar-refractivity contribution in [2.45, 2.75) is 26.0 Å². The molecule has 1 aromatic carbocycles. The Morgan fingerprint density at radius 3 is 2.25 bits per heavy atom. The van der Waals surface area contributed by atoms with Crippen LogP contribution in [-0.2, 0) is 9.53 Å². The van der Waals surface area contributed by atoms with E-state index in [2.05, 4.69) is 4.74 Å². The molecule has 0 aromatic heterocycles. The monoisotopic (exact) mass is 223 g/mol. The van der Waals surface area contributed by atoms with Crippen molar-refractivity contribution >= 4 is 5.97 Å². The second kappa shape index (κ2) is 5.51. The summed E-state index contributed by atoms with van der Waals surface area (Å²) in [5.41, 5.74) is 6.75. The van der Waals surface area contributed by atoms with Crippen LogP contribution in [0.3, 0.4) is 0 Å². The van der Waals surface area contributed by atoms with Gasteiger partial charge in [0, 0.05) is 6.04 Å². The summed E-state index contributed by atoms with van der Waals surface area (Å²) in [7, 11) is 1.33. The van der Waals surface area contributed by atoms with Gasteiger partial charge in [-0.25, -0.2) is 4.79 Å². The number of benzene rings is 1. The molecule has 0 spiro atoms. The molecule has 16 heavy (non-hydrogen) atoms. The van der Waals surface area contributed by atoms with Crippen LogP contribution in [0, 0.1) is 0 Å². The Hall–Kier alpha value is -1.55. The van der Waals surface area contributed by atoms with E-state index in [4.69, 9.17) is 10.5 Å². The number of nitrogens with two attached hydrogens (primary N) is 1. The molecule has 88 valence electrons. The van der Waals surface area contributed by atoms with Gasteiger partial charge in [-0.2, -0.15) is 0 Å². The van der Waals surface area contributed by atoms with E-state index in [-0.39, 0.29) is 6.04 Å². The number of hydrogen-bond acceptors (Lipinski definition) is 4. The van der Waals surface area contributed by atoms with Gasteiger partial charge in [0.05, 0.1) is 7.11 Å². The normalized spacial score (nSPS) is 14.0. The molecule has 0 aliphatic heterocycles. The molecule has 4 heteroatoms. The number of methoxy groups -OCH3 is 1. The zero-order valence-corrected chi connectivity index (χ0v) is 9.77. The number of rotatable bonds is 4.